The lowest BCUT2D eigenvalue weighted by Gasteiger charge is -2.40. The summed E-state index contributed by atoms with van der Waals surface area (Å²) in [7, 11) is 0. The maximum absolute atomic E-state index is 15.8. The van der Waals surface area contributed by atoms with E-state index in [0.717, 1.165) is 0 Å². The van der Waals surface area contributed by atoms with Gasteiger partial charge in [-0.15, -0.1) is 0 Å². The molecule has 4 rings (SSSR count). The van der Waals surface area contributed by atoms with E-state index in [1.807, 2.05) is 0 Å². The Bertz CT molecular complexity index is 1560. The van der Waals surface area contributed by atoms with Gasteiger partial charge in [0.05, 0.1) is 0 Å². The summed E-state index contributed by atoms with van der Waals surface area (Å²) in [4.78, 5) is 17.2. The second-order valence-corrected chi connectivity index (χ2v) is 10.2. The van der Waals surface area contributed by atoms with Crippen LogP contribution in [0.2, 0.25) is 0 Å². The number of rotatable bonds is 10. The van der Waals surface area contributed by atoms with Gasteiger partial charge in [-0.3, -0.25) is 20.5 Å². The summed E-state index contributed by atoms with van der Waals surface area (Å²) in [5, 5.41) is 37.4. The number of carboxylic acid groups (broad SMARTS) is 1. The minimum absolute atomic E-state index is 0.0480. The summed E-state index contributed by atoms with van der Waals surface area (Å²) in [6, 6.07) is 9.68. The third-order valence-electron chi connectivity index (χ3n) is 6.82. The number of hydrogen-bond acceptors (Lipinski definition) is 9. The number of carboxylic acids is 1. The predicted octanol–water partition coefficient (Wildman–Crippen LogP) is 3.95. The molecule has 228 valence electrons. The van der Waals surface area contributed by atoms with E-state index < -0.39 is 52.5 Å². The number of piperidine rings is 1. The number of aromatic nitrogens is 1. The molecule has 3 aromatic rings. The van der Waals surface area contributed by atoms with Crippen molar-refractivity contribution in [2.75, 3.05) is 18.4 Å². The lowest BCUT2D eigenvalue weighted by atomic mass is 9.97. The molecule has 9 N–H and O–H groups in total. The van der Waals surface area contributed by atoms with Crippen molar-refractivity contribution < 1.29 is 38.0 Å². The van der Waals surface area contributed by atoms with Crippen molar-refractivity contribution in [2.24, 2.45) is 11.5 Å². The number of aromatic hydroxyl groups is 1. The molecule has 1 aromatic heterocycles. The van der Waals surface area contributed by atoms with E-state index in [4.69, 9.17) is 36.5 Å². The number of likely N-dealkylation sites (tertiary alicyclic amines) is 1. The van der Waals surface area contributed by atoms with E-state index in [1.165, 1.54) is 36.4 Å². The lowest BCUT2D eigenvalue weighted by Crippen LogP contribution is -2.54. The summed E-state index contributed by atoms with van der Waals surface area (Å²) in [5.74, 6) is -7.37. The topological polar surface area (TPSA) is 213 Å². The fraction of sp³-hybridized carbons (Fsp3) is 0.286. The first-order chi connectivity index (χ1) is 20.3. The Balaban J connectivity index is 1.69. The number of ether oxygens (including phenoxy) is 3. The number of nitrogens with one attached hydrogen (secondary N) is 3. The minimum Gasteiger partial charge on any atom is -0.504 e. The van der Waals surface area contributed by atoms with Crippen LogP contribution in [0.15, 0.2) is 42.5 Å². The minimum atomic E-state index is -1.32. The zero-order valence-corrected chi connectivity index (χ0v) is 23.3. The molecule has 2 heterocycles. The van der Waals surface area contributed by atoms with Crippen molar-refractivity contribution in [3.8, 4) is 34.8 Å². The predicted molar refractivity (Wildman–Crippen MR) is 152 cm³/mol. The average Bonchev–Trinajstić information content (AvgIpc) is 2.94. The number of aliphatic carboxylic acids is 1. The Morgan fingerprint density at radius 3 is 2.33 bits per heavy atom. The second kappa shape index (κ2) is 12.4. The van der Waals surface area contributed by atoms with E-state index in [0.29, 0.717) is 18.8 Å². The van der Waals surface area contributed by atoms with Crippen LogP contribution in [0.1, 0.15) is 32.3 Å². The third kappa shape index (κ3) is 7.01. The van der Waals surface area contributed by atoms with E-state index in [-0.39, 0.29) is 41.7 Å². The molecular weight excluding hydrogens is 568 g/mol. The molecular formula is C28H31F2N7O6. The highest BCUT2D eigenvalue weighted by Crippen LogP contribution is 2.40. The van der Waals surface area contributed by atoms with Crippen LogP contribution in [0.4, 0.5) is 14.5 Å². The Labute approximate surface area is 245 Å². The van der Waals surface area contributed by atoms with Gasteiger partial charge in [0, 0.05) is 30.4 Å². The molecule has 43 heavy (non-hydrogen) atoms. The Hall–Kier alpha value is -5.18. The number of anilines is 1. The monoisotopic (exact) mass is 599 g/mol. The SMILES string of the molecule is CC(C)(C(=O)O)N1CCC(Oc2c(F)c(Oc3cccc(NC(=N)N)c3)nc(Oc3cc(C(=N)N)ccc3O)c2F)CC1. The van der Waals surface area contributed by atoms with Crippen LogP contribution in [0.3, 0.4) is 0 Å². The van der Waals surface area contributed by atoms with Gasteiger partial charge in [0.2, 0.25) is 17.4 Å². The van der Waals surface area contributed by atoms with Gasteiger partial charge in [-0.25, -0.2) is 0 Å². The molecule has 0 radical (unpaired) electrons. The third-order valence-corrected chi connectivity index (χ3v) is 6.82. The molecule has 0 spiro atoms. The number of nitrogens with zero attached hydrogens (tertiary/aromatic N) is 2. The first kappa shape index (κ1) is 30.8. The molecule has 1 fully saturated rings. The average molecular weight is 600 g/mol. The van der Waals surface area contributed by atoms with Crippen molar-refractivity contribution in [2.45, 2.75) is 38.3 Å². The van der Waals surface area contributed by atoms with Crippen LogP contribution in [-0.2, 0) is 4.79 Å². The second-order valence-electron chi connectivity index (χ2n) is 10.2. The summed E-state index contributed by atoms with van der Waals surface area (Å²) in [6.45, 7) is 3.74. The maximum atomic E-state index is 15.8. The maximum Gasteiger partial charge on any atom is 0.323 e. The number of pyridine rings is 1. The van der Waals surface area contributed by atoms with Gasteiger partial charge >= 0.3 is 5.97 Å². The molecule has 0 aliphatic carbocycles. The van der Waals surface area contributed by atoms with Crippen LogP contribution >= 0.6 is 0 Å². The Kier molecular flexibility index (Phi) is 8.85. The smallest absolute Gasteiger partial charge is 0.323 e. The van der Waals surface area contributed by atoms with Crippen LogP contribution in [0.25, 0.3) is 0 Å². The number of phenolic OH excluding ortho intramolecular Hbond substituents is 1. The van der Waals surface area contributed by atoms with Gasteiger partial charge < -0.3 is 41.2 Å². The zero-order chi connectivity index (χ0) is 31.5. The van der Waals surface area contributed by atoms with Gasteiger partial charge in [0.1, 0.15) is 23.2 Å². The Morgan fingerprint density at radius 1 is 1.07 bits per heavy atom. The highest BCUT2D eigenvalue weighted by molar-refractivity contribution is 5.95. The van der Waals surface area contributed by atoms with Gasteiger partial charge in [0.25, 0.3) is 11.8 Å². The number of carbonyl (C=O) groups is 1. The molecule has 1 aliphatic rings. The normalized spacial score (nSPS) is 14.1. The van der Waals surface area contributed by atoms with E-state index in [9.17, 15) is 15.0 Å². The first-order valence-electron chi connectivity index (χ1n) is 13.0. The first-order valence-corrected chi connectivity index (χ1v) is 13.0. The molecule has 13 nitrogen and oxygen atoms in total. The van der Waals surface area contributed by atoms with Crippen LogP contribution in [-0.4, -0.2) is 62.6 Å². The lowest BCUT2D eigenvalue weighted by molar-refractivity contribution is -0.150. The quantitative estimate of drug-likeness (QED) is 0.131. The number of hydrogen-bond donors (Lipinski definition) is 7. The number of phenols is 1. The molecule has 1 saturated heterocycles. The summed E-state index contributed by atoms with van der Waals surface area (Å²) >= 11 is 0. The number of nitrogens with two attached hydrogens (primary N) is 2. The summed E-state index contributed by atoms with van der Waals surface area (Å²) in [6.07, 6.45) is -0.153. The number of benzene rings is 2. The van der Waals surface area contributed by atoms with E-state index >= 15 is 8.78 Å². The number of amidine groups is 1. The van der Waals surface area contributed by atoms with Gasteiger partial charge in [-0.2, -0.15) is 13.8 Å². The summed E-state index contributed by atoms with van der Waals surface area (Å²) in [5.41, 5.74) is 10.3. The van der Waals surface area contributed by atoms with Gasteiger partial charge in [-0.05, 0) is 57.0 Å². The largest absolute Gasteiger partial charge is 0.504 e. The highest BCUT2D eigenvalue weighted by atomic mass is 19.1. The molecule has 0 amide bonds. The molecule has 0 unspecified atom stereocenters. The van der Waals surface area contributed by atoms with E-state index in [1.54, 1.807) is 24.8 Å². The van der Waals surface area contributed by atoms with Crippen molar-refractivity contribution in [3.63, 3.8) is 0 Å². The van der Waals surface area contributed by atoms with Gasteiger partial charge in [-0.1, -0.05) is 6.07 Å². The van der Waals surface area contributed by atoms with Crippen LogP contribution < -0.4 is 31.0 Å². The molecule has 0 saturated carbocycles. The number of halogens is 2. The number of guanidine groups is 1. The number of nitrogen functional groups attached to an aromatic ring is 1. The summed E-state index contributed by atoms with van der Waals surface area (Å²) < 4.78 is 48.4. The zero-order valence-electron chi connectivity index (χ0n) is 23.3. The van der Waals surface area contributed by atoms with Crippen molar-refractivity contribution in [1.82, 2.24) is 9.88 Å². The van der Waals surface area contributed by atoms with Crippen molar-refractivity contribution in [3.05, 3.63) is 59.7 Å². The van der Waals surface area contributed by atoms with Crippen molar-refractivity contribution in [1.29, 1.82) is 10.8 Å². The molecule has 2 aromatic carbocycles. The fourth-order valence-corrected chi connectivity index (χ4v) is 4.33. The molecule has 0 atom stereocenters. The standard InChI is InChI=1S/C28H31F2N7O6/c1-28(2,26(39)40)37-10-8-16(9-11-37)41-22-20(29)24(42-17-5-3-4-15(13-17)35-27(33)34)36-25(21(22)30)43-19-12-14(23(31)32)6-7-18(19)38/h3-7,12-13,16,38H,8-11H2,1-2H3,(H3,31,32)(H,39,40)(H4,33,34,35). The molecule has 15 heteroatoms. The van der Waals surface area contributed by atoms with E-state index in [2.05, 4.69) is 10.3 Å². The molecule has 0 bridgehead atoms. The fourth-order valence-electron chi connectivity index (χ4n) is 4.33. The van der Waals surface area contributed by atoms with Crippen LogP contribution in [0.5, 0.6) is 34.8 Å². The van der Waals surface area contributed by atoms with Crippen molar-refractivity contribution >= 4 is 23.5 Å². The molecule has 1 aliphatic heterocycles. The highest BCUT2D eigenvalue weighted by Gasteiger charge is 2.38. The van der Waals surface area contributed by atoms with Crippen LogP contribution in [0, 0.1) is 22.5 Å². The Morgan fingerprint density at radius 2 is 1.72 bits per heavy atom. The van der Waals surface area contributed by atoms with Gasteiger partial charge in [0.15, 0.2) is 17.5 Å².